The van der Waals surface area contributed by atoms with E-state index in [-0.39, 0.29) is 11.6 Å². The molecule has 0 saturated heterocycles. The summed E-state index contributed by atoms with van der Waals surface area (Å²) < 4.78 is 3.57. The lowest BCUT2D eigenvalue weighted by molar-refractivity contribution is 0.303. The van der Waals surface area contributed by atoms with E-state index >= 15 is 0 Å². The average Bonchev–Trinajstić information content (AvgIpc) is 2.99. The fourth-order valence-electron chi connectivity index (χ4n) is 3.23. The first-order valence-corrected chi connectivity index (χ1v) is 7.91. The summed E-state index contributed by atoms with van der Waals surface area (Å²) in [6.45, 7) is 0. The molecule has 0 amide bonds. The molecule has 0 atom stereocenters. The van der Waals surface area contributed by atoms with Crippen LogP contribution in [-0.4, -0.2) is 30.4 Å². The second-order valence-electron chi connectivity index (χ2n) is 5.91. The van der Waals surface area contributed by atoms with Crippen molar-refractivity contribution in [2.24, 2.45) is 0 Å². The summed E-state index contributed by atoms with van der Waals surface area (Å²) in [6.07, 6.45) is 7.46. The number of anilines is 1. The molecule has 7 heteroatoms. The molecule has 3 aromatic rings. The molecule has 1 fully saturated rings. The molecule has 0 aliphatic heterocycles. The van der Waals surface area contributed by atoms with Crippen LogP contribution in [-0.2, 0) is 0 Å². The maximum Gasteiger partial charge on any atom is 0.266 e. The van der Waals surface area contributed by atoms with Gasteiger partial charge in [0.2, 0.25) is 5.95 Å². The molecule has 1 aliphatic carbocycles. The quantitative estimate of drug-likeness (QED) is 0.799. The third-order valence-electron chi connectivity index (χ3n) is 4.43. The van der Waals surface area contributed by atoms with Crippen molar-refractivity contribution in [2.75, 3.05) is 5.32 Å². The lowest BCUT2D eigenvalue weighted by Crippen LogP contribution is -2.33. The molecule has 0 aromatic carbocycles. The molecule has 0 radical (unpaired) electrons. The molecule has 23 heavy (non-hydrogen) atoms. The number of fused-ring (bicyclic) bond motifs is 1. The maximum atomic E-state index is 11.9. The van der Waals surface area contributed by atoms with Crippen molar-refractivity contribution in [1.82, 2.24) is 24.4 Å². The van der Waals surface area contributed by atoms with Crippen molar-refractivity contribution < 1.29 is 0 Å². The molecule has 118 valence electrons. The molecule has 4 rings (SSSR count). The summed E-state index contributed by atoms with van der Waals surface area (Å²) in [4.78, 5) is 11.9. The predicted octanol–water partition coefficient (Wildman–Crippen LogP) is 1.88. The molecule has 0 spiro atoms. The van der Waals surface area contributed by atoms with Gasteiger partial charge in [0.05, 0.1) is 6.04 Å². The highest BCUT2D eigenvalue weighted by Crippen LogP contribution is 2.28. The van der Waals surface area contributed by atoms with E-state index in [4.69, 9.17) is 0 Å². The average molecular weight is 310 g/mol. The van der Waals surface area contributed by atoms with Crippen LogP contribution in [0.3, 0.4) is 0 Å². The third-order valence-corrected chi connectivity index (χ3v) is 4.43. The van der Waals surface area contributed by atoms with Crippen molar-refractivity contribution in [3.05, 3.63) is 53.1 Å². The van der Waals surface area contributed by atoms with Crippen molar-refractivity contribution in [3.63, 3.8) is 0 Å². The van der Waals surface area contributed by atoms with E-state index in [1.807, 2.05) is 28.8 Å². The van der Waals surface area contributed by atoms with E-state index in [1.165, 1.54) is 0 Å². The Balaban J connectivity index is 1.44. The zero-order chi connectivity index (χ0) is 15.6. The van der Waals surface area contributed by atoms with Crippen molar-refractivity contribution >= 4 is 11.6 Å². The zero-order valence-corrected chi connectivity index (χ0v) is 12.7. The number of aromatic nitrogens is 5. The van der Waals surface area contributed by atoms with Gasteiger partial charge in [-0.3, -0.25) is 9.20 Å². The molecule has 7 nitrogen and oxygen atoms in total. The number of hydrogen-bond acceptors (Lipinski definition) is 5. The van der Waals surface area contributed by atoms with E-state index in [9.17, 15) is 4.79 Å². The molecule has 0 unspecified atom stereocenters. The Morgan fingerprint density at radius 2 is 1.91 bits per heavy atom. The zero-order valence-electron chi connectivity index (χ0n) is 12.7. The van der Waals surface area contributed by atoms with Gasteiger partial charge in [-0.2, -0.15) is 5.10 Å². The highest BCUT2D eigenvalue weighted by Gasteiger charge is 2.24. The first kappa shape index (κ1) is 13.9. The van der Waals surface area contributed by atoms with E-state index in [0.29, 0.717) is 6.04 Å². The standard InChI is InChI=1S/C16H18N6O/c23-15-5-3-10-17-22(15)13-8-6-12(7-9-13)18-16-20-19-14-4-1-2-11-21(14)16/h1-5,10-13H,6-9H2,(H,18,20). The normalized spacial score (nSPS) is 21.4. The van der Waals surface area contributed by atoms with Crippen LogP contribution in [0.5, 0.6) is 0 Å². The number of pyridine rings is 1. The van der Waals surface area contributed by atoms with Crippen LogP contribution in [0.15, 0.2) is 47.5 Å². The number of rotatable bonds is 3. The van der Waals surface area contributed by atoms with Crippen LogP contribution in [0.4, 0.5) is 5.95 Å². The van der Waals surface area contributed by atoms with E-state index < -0.39 is 0 Å². The van der Waals surface area contributed by atoms with Gasteiger partial charge in [-0.05, 0) is 43.9 Å². The predicted molar refractivity (Wildman–Crippen MR) is 86.4 cm³/mol. The summed E-state index contributed by atoms with van der Waals surface area (Å²) in [5, 5.41) is 16.0. The van der Waals surface area contributed by atoms with Crippen molar-refractivity contribution in [3.8, 4) is 0 Å². The van der Waals surface area contributed by atoms with Crippen LogP contribution in [0.2, 0.25) is 0 Å². The first-order valence-electron chi connectivity index (χ1n) is 7.91. The van der Waals surface area contributed by atoms with Gasteiger partial charge in [-0.25, -0.2) is 4.68 Å². The van der Waals surface area contributed by atoms with Gasteiger partial charge in [-0.15, -0.1) is 10.2 Å². The van der Waals surface area contributed by atoms with Gasteiger partial charge in [0, 0.05) is 24.5 Å². The third kappa shape index (κ3) is 2.69. The molecule has 1 N–H and O–H groups in total. The highest BCUT2D eigenvalue weighted by molar-refractivity contribution is 5.45. The van der Waals surface area contributed by atoms with Crippen molar-refractivity contribution in [2.45, 2.75) is 37.8 Å². The fraction of sp³-hybridized carbons (Fsp3) is 0.375. The lowest BCUT2D eigenvalue weighted by Gasteiger charge is -2.29. The van der Waals surface area contributed by atoms with Gasteiger partial charge in [0.1, 0.15) is 0 Å². The van der Waals surface area contributed by atoms with Crippen LogP contribution in [0, 0.1) is 0 Å². The van der Waals surface area contributed by atoms with Gasteiger partial charge >= 0.3 is 0 Å². The number of hydrogen-bond donors (Lipinski definition) is 1. The van der Waals surface area contributed by atoms with Crippen LogP contribution >= 0.6 is 0 Å². The Kier molecular flexibility index (Phi) is 3.53. The van der Waals surface area contributed by atoms with E-state index in [1.54, 1.807) is 23.0 Å². The van der Waals surface area contributed by atoms with Crippen LogP contribution in [0.1, 0.15) is 31.7 Å². The first-order chi connectivity index (χ1) is 11.3. The number of nitrogens with zero attached hydrogens (tertiary/aromatic N) is 5. The van der Waals surface area contributed by atoms with Crippen LogP contribution < -0.4 is 10.9 Å². The fourth-order valence-corrected chi connectivity index (χ4v) is 3.23. The van der Waals surface area contributed by atoms with Gasteiger partial charge in [0.25, 0.3) is 5.56 Å². The minimum Gasteiger partial charge on any atom is -0.351 e. The largest absolute Gasteiger partial charge is 0.351 e. The SMILES string of the molecule is O=c1cccnn1C1CCC(Nc2nnc3ccccn23)CC1. The van der Waals surface area contributed by atoms with Crippen molar-refractivity contribution in [1.29, 1.82) is 0 Å². The van der Waals surface area contributed by atoms with Gasteiger partial charge < -0.3 is 5.32 Å². The second-order valence-corrected chi connectivity index (χ2v) is 5.91. The topological polar surface area (TPSA) is 77.1 Å². The summed E-state index contributed by atoms with van der Waals surface area (Å²) >= 11 is 0. The Morgan fingerprint density at radius 1 is 1.04 bits per heavy atom. The summed E-state index contributed by atoms with van der Waals surface area (Å²) in [5.41, 5.74) is 0.816. The number of nitrogens with one attached hydrogen (secondary N) is 1. The smallest absolute Gasteiger partial charge is 0.266 e. The second kappa shape index (κ2) is 5.83. The Labute approximate surface area is 133 Å². The molecule has 3 aromatic heterocycles. The minimum absolute atomic E-state index is 0.0210. The van der Waals surface area contributed by atoms with Gasteiger partial charge in [-0.1, -0.05) is 6.07 Å². The molecule has 0 bridgehead atoms. The highest BCUT2D eigenvalue weighted by atomic mass is 16.1. The summed E-state index contributed by atoms with van der Waals surface area (Å²) in [6, 6.07) is 9.63. The Bertz CT molecular complexity index is 862. The summed E-state index contributed by atoms with van der Waals surface area (Å²) in [7, 11) is 0. The van der Waals surface area contributed by atoms with Crippen LogP contribution in [0.25, 0.3) is 5.65 Å². The Morgan fingerprint density at radius 3 is 2.74 bits per heavy atom. The van der Waals surface area contributed by atoms with Gasteiger partial charge in [0.15, 0.2) is 5.65 Å². The molecule has 3 heterocycles. The Hall–Kier alpha value is -2.70. The molecular formula is C16H18N6O. The van der Waals surface area contributed by atoms with E-state index in [2.05, 4.69) is 20.6 Å². The molecular weight excluding hydrogens is 292 g/mol. The maximum absolute atomic E-state index is 11.9. The molecule has 1 saturated carbocycles. The van der Waals surface area contributed by atoms with E-state index in [0.717, 1.165) is 37.3 Å². The minimum atomic E-state index is -0.0210. The monoisotopic (exact) mass is 310 g/mol. The molecule has 1 aliphatic rings. The summed E-state index contributed by atoms with van der Waals surface area (Å²) in [5.74, 6) is 0.777. The lowest BCUT2D eigenvalue weighted by atomic mass is 9.91.